The van der Waals surface area contributed by atoms with E-state index < -0.39 is 0 Å². The van der Waals surface area contributed by atoms with Crippen LogP contribution < -0.4 is 10.5 Å². The van der Waals surface area contributed by atoms with Crippen LogP contribution in [0.15, 0.2) is 24.3 Å². The van der Waals surface area contributed by atoms with Crippen LogP contribution >= 0.6 is 0 Å². The smallest absolute Gasteiger partial charge is 0.124 e. The minimum atomic E-state index is -0.0808. The molecule has 82 valence electrons. The minimum absolute atomic E-state index is 0.0808. The Hall–Kier alpha value is -1.02. The Morgan fingerprint density at radius 1 is 1.47 bits per heavy atom. The molecule has 0 spiro atoms. The normalized spacial score (nSPS) is 29.4. The maximum atomic E-state index is 6.17. The third-order valence-electron chi connectivity index (χ3n) is 3.11. The van der Waals surface area contributed by atoms with Gasteiger partial charge in [0.2, 0.25) is 0 Å². The molecule has 1 heterocycles. The van der Waals surface area contributed by atoms with Crippen molar-refractivity contribution in [2.45, 2.75) is 44.8 Å². The van der Waals surface area contributed by atoms with E-state index in [1.165, 1.54) is 0 Å². The molecule has 1 aliphatic rings. The molecule has 0 amide bonds. The lowest BCUT2D eigenvalue weighted by atomic mass is 9.86. The molecule has 2 unspecified atom stereocenters. The number of ether oxygens (including phenoxy) is 1. The molecule has 2 heteroatoms. The number of hydrogen-bond acceptors (Lipinski definition) is 2. The van der Waals surface area contributed by atoms with E-state index in [0.717, 1.165) is 30.6 Å². The monoisotopic (exact) mass is 205 g/mol. The fraction of sp³-hybridized carbons (Fsp3) is 0.538. The van der Waals surface area contributed by atoms with Crippen molar-refractivity contribution in [3.63, 3.8) is 0 Å². The largest absolute Gasteiger partial charge is 0.487 e. The fourth-order valence-electron chi connectivity index (χ4n) is 2.44. The van der Waals surface area contributed by atoms with Crippen molar-refractivity contribution < 1.29 is 4.74 Å². The van der Waals surface area contributed by atoms with Crippen LogP contribution in [0.3, 0.4) is 0 Å². The van der Waals surface area contributed by atoms with Gasteiger partial charge < -0.3 is 10.5 Å². The van der Waals surface area contributed by atoms with E-state index in [9.17, 15) is 0 Å². The van der Waals surface area contributed by atoms with Gasteiger partial charge >= 0.3 is 0 Å². The van der Waals surface area contributed by atoms with Gasteiger partial charge in [0, 0.05) is 18.0 Å². The summed E-state index contributed by atoms with van der Waals surface area (Å²) in [5.74, 6) is 0.965. The number of benzene rings is 1. The molecule has 0 saturated heterocycles. The van der Waals surface area contributed by atoms with E-state index >= 15 is 0 Å². The summed E-state index contributed by atoms with van der Waals surface area (Å²) in [6.07, 6.45) is 3.11. The zero-order chi connectivity index (χ0) is 10.9. The molecule has 1 aromatic carbocycles. The van der Waals surface area contributed by atoms with Gasteiger partial charge in [0.05, 0.1) is 0 Å². The van der Waals surface area contributed by atoms with E-state index in [1.807, 2.05) is 18.2 Å². The van der Waals surface area contributed by atoms with E-state index in [4.69, 9.17) is 10.5 Å². The van der Waals surface area contributed by atoms with Crippen molar-refractivity contribution in [2.75, 3.05) is 0 Å². The molecule has 2 nitrogen and oxygen atoms in total. The number of nitrogens with two attached hydrogens (primary N) is 1. The first-order chi connectivity index (χ1) is 7.14. The molecular formula is C13H19NO. The maximum absolute atomic E-state index is 6.17. The second-order valence-corrected chi connectivity index (χ2v) is 4.65. The molecule has 0 radical (unpaired) electrons. The molecule has 0 aromatic heterocycles. The second kappa shape index (κ2) is 3.86. The van der Waals surface area contributed by atoms with Gasteiger partial charge in [0.1, 0.15) is 11.4 Å². The Morgan fingerprint density at radius 3 is 2.93 bits per heavy atom. The van der Waals surface area contributed by atoms with Crippen molar-refractivity contribution in [1.82, 2.24) is 0 Å². The molecule has 1 aromatic rings. The summed E-state index contributed by atoms with van der Waals surface area (Å²) in [6.45, 7) is 4.34. The molecule has 0 aliphatic carbocycles. The van der Waals surface area contributed by atoms with Crippen LogP contribution in [0, 0.1) is 0 Å². The Balaban J connectivity index is 2.29. The predicted molar refractivity (Wildman–Crippen MR) is 61.9 cm³/mol. The van der Waals surface area contributed by atoms with Crippen LogP contribution in [-0.4, -0.2) is 5.60 Å². The second-order valence-electron chi connectivity index (χ2n) is 4.65. The van der Waals surface area contributed by atoms with E-state index in [2.05, 4.69) is 19.9 Å². The SMILES string of the molecule is CCCC1(C)CC(N)c2ccccc2O1. The van der Waals surface area contributed by atoms with Gasteiger partial charge in [-0.15, -0.1) is 0 Å². The van der Waals surface area contributed by atoms with E-state index in [1.54, 1.807) is 0 Å². The highest BCUT2D eigenvalue weighted by Crippen LogP contribution is 2.39. The summed E-state index contributed by atoms with van der Waals surface area (Å²) >= 11 is 0. The van der Waals surface area contributed by atoms with Crippen LogP contribution in [-0.2, 0) is 0 Å². The van der Waals surface area contributed by atoms with Crippen molar-refractivity contribution in [1.29, 1.82) is 0 Å². The van der Waals surface area contributed by atoms with Crippen LogP contribution in [0.2, 0.25) is 0 Å². The van der Waals surface area contributed by atoms with Crippen LogP contribution in [0.1, 0.15) is 44.7 Å². The summed E-state index contributed by atoms with van der Waals surface area (Å²) < 4.78 is 6.05. The topological polar surface area (TPSA) is 35.2 Å². The lowest BCUT2D eigenvalue weighted by molar-refractivity contribution is 0.0449. The van der Waals surface area contributed by atoms with Crippen molar-refractivity contribution >= 4 is 0 Å². The molecule has 1 aliphatic heterocycles. The number of para-hydroxylation sites is 1. The highest BCUT2D eigenvalue weighted by Gasteiger charge is 2.34. The zero-order valence-electron chi connectivity index (χ0n) is 9.49. The third kappa shape index (κ3) is 2.00. The summed E-state index contributed by atoms with van der Waals surface area (Å²) in [7, 11) is 0. The Labute approximate surface area is 91.4 Å². The van der Waals surface area contributed by atoms with Gasteiger partial charge in [-0.25, -0.2) is 0 Å². The maximum Gasteiger partial charge on any atom is 0.124 e. The average molecular weight is 205 g/mol. The van der Waals surface area contributed by atoms with Crippen molar-refractivity contribution in [2.24, 2.45) is 5.73 Å². The number of hydrogen-bond donors (Lipinski definition) is 1. The highest BCUT2D eigenvalue weighted by molar-refractivity contribution is 5.38. The van der Waals surface area contributed by atoms with Crippen molar-refractivity contribution in [3.05, 3.63) is 29.8 Å². The molecule has 0 saturated carbocycles. The Kier molecular flexibility index (Phi) is 2.70. The van der Waals surface area contributed by atoms with Gasteiger partial charge in [0.25, 0.3) is 0 Å². The summed E-state index contributed by atoms with van der Waals surface area (Å²) in [6, 6.07) is 8.22. The molecule has 2 rings (SSSR count). The molecule has 0 fully saturated rings. The molecule has 15 heavy (non-hydrogen) atoms. The average Bonchev–Trinajstić information content (AvgIpc) is 2.17. The first-order valence-corrected chi connectivity index (χ1v) is 5.68. The number of fused-ring (bicyclic) bond motifs is 1. The van der Waals surface area contributed by atoms with Gasteiger partial charge in [-0.1, -0.05) is 31.5 Å². The van der Waals surface area contributed by atoms with E-state index in [-0.39, 0.29) is 11.6 Å². The Bertz CT molecular complexity index is 350. The van der Waals surface area contributed by atoms with Gasteiger partial charge in [-0.2, -0.15) is 0 Å². The van der Waals surface area contributed by atoms with Gasteiger partial charge in [-0.05, 0) is 19.4 Å². The first-order valence-electron chi connectivity index (χ1n) is 5.68. The third-order valence-corrected chi connectivity index (χ3v) is 3.11. The lowest BCUT2D eigenvalue weighted by Crippen LogP contribution is -2.40. The summed E-state index contributed by atoms with van der Waals surface area (Å²) in [4.78, 5) is 0. The van der Waals surface area contributed by atoms with Crippen LogP contribution in [0.4, 0.5) is 0 Å². The zero-order valence-corrected chi connectivity index (χ0v) is 9.49. The summed E-state index contributed by atoms with van der Waals surface area (Å²) in [5.41, 5.74) is 7.24. The van der Waals surface area contributed by atoms with Gasteiger partial charge in [-0.3, -0.25) is 0 Å². The highest BCUT2D eigenvalue weighted by atomic mass is 16.5. The first kappa shape index (κ1) is 10.5. The summed E-state index contributed by atoms with van der Waals surface area (Å²) in [5, 5.41) is 0. The molecular weight excluding hydrogens is 186 g/mol. The van der Waals surface area contributed by atoms with Crippen LogP contribution in [0.25, 0.3) is 0 Å². The predicted octanol–water partition coefficient (Wildman–Crippen LogP) is 3.03. The quantitative estimate of drug-likeness (QED) is 0.805. The van der Waals surface area contributed by atoms with Gasteiger partial charge in [0.15, 0.2) is 0 Å². The van der Waals surface area contributed by atoms with Crippen LogP contribution in [0.5, 0.6) is 5.75 Å². The number of rotatable bonds is 2. The molecule has 0 bridgehead atoms. The fourth-order valence-corrected chi connectivity index (χ4v) is 2.44. The van der Waals surface area contributed by atoms with E-state index in [0.29, 0.717) is 0 Å². The Morgan fingerprint density at radius 2 is 2.20 bits per heavy atom. The lowest BCUT2D eigenvalue weighted by Gasteiger charge is -2.38. The minimum Gasteiger partial charge on any atom is -0.487 e. The van der Waals surface area contributed by atoms with Crippen molar-refractivity contribution in [3.8, 4) is 5.75 Å². The molecule has 2 N–H and O–H groups in total. The molecule has 2 atom stereocenters. The standard InChI is InChI=1S/C13H19NO/c1-3-8-13(2)9-11(14)10-6-4-5-7-12(10)15-13/h4-7,11H,3,8-9,14H2,1-2H3.